The molecule has 0 saturated carbocycles. The van der Waals surface area contributed by atoms with Crippen LogP contribution < -0.4 is 10.2 Å². The molecule has 34 heavy (non-hydrogen) atoms. The van der Waals surface area contributed by atoms with Gasteiger partial charge in [-0.3, -0.25) is 14.9 Å². The van der Waals surface area contributed by atoms with Gasteiger partial charge in [-0.2, -0.15) is 5.10 Å². The van der Waals surface area contributed by atoms with Crippen LogP contribution in [0, 0.1) is 15.9 Å². The molecule has 1 saturated heterocycles. The van der Waals surface area contributed by atoms with Crippen LogP contribution in [0.1, 0.15) is 18.5 Å². The summed E-state index contributed by atoms with van der Waals surface area (Å²) in [7, 11) is 0. The maximum atomic E-state index is 13.8. The van der Waals surface area contributed by atoms with Gasteiger partial charge in [-0.25, -0.2) is 9.07 Å². The second kappa shape index (κ2) is 8.62. The first kappa shape index (κ1) is 21.6. The van der Waals surface area contributed by atoms with E-state index >= 15 is 0 Å². The first-order valence-corrected chi connectivity index (χ1v) is 11.0. The lowest BCUT2D eigenvalue weighted by Gasteiger charge is -2.38. The van der Waals surface area contributed by atoms with Crippen LogP contribution >= 0.6 is 0 Å². The van der Waals surface area contributed by atoms with Crippen molar-refractivity contribution in [2.45, 2.75) is 13.0 Å². The Balaban J connectivity index is 1.41. The number of non-ortho nitro benzene ring substituents is 1. The Morgan fingerprint density at radius 2 is 1.74 bits per heavy atom. The number of piperazine rings is 1. The van der Waals surface area contributed by atoms with Crippen molar-refractivity contribution in [2.24, 2.45) is 0 Å². The first-order valence-electron chi connectivity index (χ1n) is 11.0. The van der Waals surface area contributed by atoms with E-state index in [-0.39, 0.29) is 17.4 Å². The minimum Gasteiger partial charge on any atom is -0.368 e. The molecular weight excluding hydrogens is 439 g/mol. The smallest absolute Gasteiger partial charge is 0.269 e. The van der Waals surface area contributed by atoms with Crippen molar-refractivity contribution in [1.29, 1.82) is 0 Å². The van der Waals surface area contributed by atoms with Gasteiger partial charge in [0.15, 0.2) is 0 Å². The summed E-state index contributed by atoms with van der Waals surface area (Å²) in [5, 5.41) is 18.8. The molecule has 1 aromatic heterocycles. The maximum absolute atomic E-state index is 13.8. The van der Waals surface area contributed by atoms with Crippen molar-refractivity contribution in [3.63, 3.8) is 0 Å². The normalized spacial score (nSPS) is 17.9. The number of anilines is 2. The summed E-state index contributed by atoms with van der Waals surface area (Å²) in [4.78, 5) is 28.4. The molecule has 2 aliphatic heterocycles. The summed E-state index contributed by atoms with van der Waals surface area (Å²) in [6.07, 6.45) is 1.66. The second-order valence-corrected chi connectivity index (χ2v) is 8.33. The molecule has 0 aliphatic carbocycles. The third-order valence-electron chi connectivity index (χ3n) is 6.32. The lowest BCUT2D eigenvalue weighted by molar-refractivity contribution is -0.384. The number of nitrogens with one attached hydrogen (secondary N) is 1. The van der Waals surface area contributed by atoms with Gasteiger partial charge in [0.1, 0.15) is 17.7 Å². The van der Waals surface area contributed by atoms with E-state index in [4.69, 9.17) is 0 Å². The Bertz CT molecular complexity index is 1260. The number of allylic oxidation sites excluding steroid dienone is 1. The van der Waals surface area contributed by atoms with E-state index in [1.165, 1.54) is 24.3 Å². The van der Waals surface area contributed by atoms with Crippen molar-refractivity contribution >= 4 is 23.1 Å². The second-order valence-electron chi connectivity index (χ2n) is 8.33. The molecule has 3 aromatic rings. The zero-order valence-corrected chi connectivity index (χ0v) is 18.5. The lowest BCUT2D eigenvalue weighted by atomic mass is 9.94. The number of hydrogen-bond acceptors (Lipinski definition) is 6. The van der Waals surface area contributed by atoms with Crippen LogP contribution in [-0.2, 0) is 4.79 Å². The van der Waals surface area contributed by atoms with E-state index < -0.39 is 11.0 Å². The van der Waals surface area contributed by atoms with Gasteiger partial charge in [-0.15, -0.1) is 0 Å². The molecule has 1 atom stereocenters. The van der Waals surface area contributed by atoms with Crippen LogP contribution in [0.5, 0.6) is 0 Å². The summed E-state index contributed by atoms with van der Waals surface area (Å²) >= 11 is 0. The Morgan fingerprint density at radius 1 is 1.06 bits per heavy atom. The molecule has 10 heteroatoms. The molecule has 2 aliphatic rings. The molecule has 1 N–H and O–H groups in total. The number of halogens is 1. The number of carbonyl (C=O) groups excluding carboxylic acids is 1. The number of amides is 1. The molecule has 0 spiro atoms. The summed E-state index contributed by atoms with van der Waals surface area (Å²) in [5.41, 5.74) is 2.93. The quantitative estimate of drug-likeness (QED) is 0.470. The summed E-state index contributed by atoms with van der Waals surface area (Å²) in [6, 6.07) is 13.9. The molecule has 3 heterocycles. The van der Waals surface area contributed by atoms with Gasteiger partial charge in [-0.05, 0) is 48.9 Å². The highest BCUT2D eigenvalue weighted by molar-refractivity contribution is 5.97. The van der Waals surface area contributed by atoms with Gasteiger partial charge in [0.05, 0.1) is 16.7 Å². The van der Waals surface area contributed by atoms with Gasteiger partial charge < -0.3 is 15.1 Å². The fraction of sp³-hybridized carbons (Fsp3) is 0.250. The molecule has 0 radical (unpaired) electrons. The highest BCUT2D eigenvalue weighted by atomic mass is 19.1. The van der Waals surface area contributed by atoms with E-state index in [2.05, 4.69) is 15.3 Å². The topological polar surface area (TPSA) is 96.5 Å². The standard InChI is InChI=1S/C24H23FN6O3/c1-16-22(24(32)29-14-12-28(13-15-29)19-8-4-18(25)5-9-19)23(30-21(27-16)10-11-26-30)17-2-6-20(7-3-17)31(33)34/h2-11,23,27H,12-15H2,1H3. The number of carbonyl (C=O) groups is 1. The van der Waals surface area contributed by atoms with E-state index in [1.807, 2.05) is 17.9 Å². The van der Waals surface area contributed by atoms with Crippen LogP contribution in [0.15, 0.2) is 72.1 Å². The number of hydrogen-bond donors (Lipinski definition) is 1. The van der Waals surface area contributed by atoms with E-state index in [0.717, 1.165) is 22.8 Å². The Kier molecular flexibility index (Phi) is 5.48. The Hall–Kier alpha value is -4.21. The van der Waals surface area contributed by atoms with E-state index in [9.17, 15) is 19.3 Å². The number of rotatable bonds is 4. The fourth-order valence-electron chi connectivity index (χ4n) is 4.56. The number of nitrogens with zero attached hydrogens (tertiary/aromatic N) is 5. The van der Waals surface area contributed by atoms with Gasteiger partial charge >= 0.3 is 0 Å². The third-order valence-corrected chi connectivity index (χ3v) is 6.32. The minimum atomic E-state index is -0.505. The molecule has 2 aromatic carbocycles. The number of nitro groups is 1. The van der Waals surface area contributed by atoms with E-state index in [1.54, 1.807) is 35.1 Å². The van der Waals surface area contributed by atoms with Crippen molar-refractivity contribution in [2.75, 3.05) is 36.4 Å². The highest BCUT2D eigenvalue weighted by Gasteiger charge is 2.36. The SMILES string of the molecule is CC1=C(C(=O)N2CCN(c3ccc(F)cc3)CC2)C(c2ccc([N+](=O)[O-])cc2)n2nccc2N1. The number of aromatic nitrogens is 2. The average Bonchev–Trinajstić information content (AvgIpc) is 3.31. The maximum Gasteiger partial charge on any atom is 0.269 e. The minimum absolute atomic E-state index is 0.0103. The van der Waals surface area contributed by atoms with Gasteiger partial charge in [0, 0.05) is 55.8 Å². The van der Waals surface area contributed by atoms with Crippen LogP contribution in [0.25, 0.3) is 0 Å². The number of benzene rings is 2. The zero-order chi connectivity index (χ0) is 23.8. The van der Waals surface area contributed by atoms with Crippen LogP contribution in [0.4, 0.5) is 21.6 Å². The Morgan fingerprint density at radius 3 is 2.38 bits per heavy atom. The molecule has 1 fully saturated rings. The van der Waals surface area contributed by atoms with Gasteiger partial charge in [-0.1, -0.05) is 0 Å². The molecule has 5 rings (SSSR count). The van der Waals surface area contributed by atoms with Crippen molar-refractivity contribution in [3.8, 4) is 0 Å². The fourth-order valence-corrected chi connectivity index (χ4v) is 4.56. The summed E-state index contributed by atoms with van der Waals surface area (Å²) in [6.45, 7) is 4.16. The molecule has 9 nitrogen and oxygen atoms in total. The zero-order valence-electron chi connectivity index (χ0n) is 18.5. The van der Waals surface area contributed by atoms with Crippen molar-refractivity contribution in [1.82, 2.24) is 14.7 Å². The number of nitro benzene ring substituents is 1. The van der Waals surface area contributed by atoms with E-state index in [0.29, 0.717) is 31.8 Å². The molecule has 0 bridgehead atoms. The number of fused-ring (bicyclic) bond motifs is 1. The molecule has 174 valence electrons. The average molecular weight is 462 g/mol. The summed E-state index contributed by atoms with van der Waals surface area (Å²) in [5.74, 6) is 0.367. The van der Waals surface area contributed by atoms with Crippen molar-refractivity contribution in [3.05, 3.63) is 93.6 Å². The largest absolute Gasteiger partial charge is 0.368 e. The van der Waals surface area contributed by atoms with Gasteiger partial charge in [0.2, 0.25) is 0 Å². The van der Waals surface area contributed by atoms with Crippen LogP contribution in [0.3, 0.4) is 0 Å². The lowest BCUT2D eigenvalue weighted by Crippen LogP contribution is -2.50. The van der Waals surface area contributed by atoms with Gasteiger partial charge in [0.25, 0.3) is 11.6 Å². The first-order chi connectivity index (χ1) is 16.4. The molecule has 1 unspecified atom stereocenters. The molecular formula is C24H23FN6O3. The Labute approximate surface area is 195 Å². The van der Waals surface area contributed by atoms with Crippen molar-refractivity contribution < 1.29 is 14.1 Å². The monoisotopic (exact) mass is 462 g/mol. The predicted octanol–water partition coefficient (Wildman–Crippen LogP) is 3.57. The van der Waals surface area contributed by atoms with Crippen LogP contribution in [-0.4, -0.2) is 51.7 Å². The molecule has 1 amide bonds. The van der Waals surface area contributed by atoms with Crippen LogP contribution in [0.2, 0.25) is 0 Å². The highest BCUT2D eigenvalue weighted by Crippen LogP contribution is 2.37. The third kappa shape index (κ3) is 3.87. The summed E-state index contributed by atoms with van der Waals surface area (Å²) < 4.78 is 15.0. The predicted molar refractivity (Wildman–Crippen MR) is 125 cm³/mol.